The van der Waals surface area contributed by atoms with E-state index in [0.717, 1.165) is 38.7 Å². The second-order valence-corrected chi connectivity index (χ2v) is 5.08. The Hall–Kier alpha value is -0.910. The molecule has 5 heteroatoms. The Morgan fingerprint density at radius 1 is 0.909 bits per heavy atom. The first-order chi connectivity index (χ1) is 10.8. The number of unbranched alkanes of at least 4 members (excludes halogenated alkanes) is 3. The smallest absolute Gasteiger partial charge is 0.305 e. The zero-order valence-electron chi connectivity index (χ0n) is 13.9. The minimum absolute atomic E-state index is 0.0595. The summed E-state index contributed by atoms with van der Waals surface area (Å²) in [7, 11) is 0. The monoisotopic (exact) mass is 316 g/mol. The van der Waals surface area contributed by atoms with Crippen LogP contribution in [0.5, 0.6) is 0 Å². The standard InChI is InChI=1S/C17H32O5/c1-2-3-12-20-14-7-8-15-21-13-6-4-5-10-17(19)22-16-9-11-18/h7-8,18H,2-6,9-16H2,1H3/b8-7-. The summed E-state index contributed by atoms with van der Waals surface area (Å²) in [5.74, 6) is -0.180. The molecule has 0 aliphatic rings. The van der Waals surface area contributed by atoms with Crippen molar-refractivity contribution in [3.05, 3.63) is 12.2 Å². The lowest BCUT2D eigenvalue weighted by molar-refractivity contribution is -0.144. The van der Waals surface area contributed by atoms with Gasteiger partial charge in [-0.1, -0.05) is 31.9 Å². The second-order valence-electron chi connectivity index (χ2n) is 5.08. The summed E-state index contributed by atoms with van der Waals surface area (Å²) >= 11 is 0. The van der Waals surface area contributed by atoms with Crippen LogP contribution in [0.4, 0.5) is 0 Å². The zero-order valence-corrected chi connectivity index (χ0v) is 13.9. The Morgan fingerprint density at radius 2 is 1.59 bits per heavy atom. The zero-order chi connectivity index (χ0) is 16.3. The molecule has 0 unspecified atom stereocenters. The molecule has 0 aromatic carbocycles. The summed E-state index contributed by atoms with van der Waals surface area (Å²) in [4.78, 5) is 11.3. The summed E-state index contributed by atoms with van der Waals surface area (Å²) in [6, 6.07) is 0. The summed E-state index contributed by atoms with van der Waals surface area (Å²) in [5, 5.41) is 8.56. The van der Waals surface area contributed by atoms with Crippen molar-refractivity contribution in [2.24, 2.45) is 0 Å². The number of hydrogen-bond acceptors (Lipinski definition) is 5. The van der Waals surface area contributed by atoms with Gasteiger partial charge in [0, 0.05) is 32.7 Å². The molecule has 0 fully saturated rings. The molecule has 0 spiro atoms. The molecular formula is C17H32O5. The predicted molar refractivity (Wildman–Crippen MR) is 86.8 cm³/mol. The third-order valence-corrected chi connectivity index (χ3v) is 2.97. The van der Waals surface area contributed by atoms with E-state index in [0.29, 0.717) is 39.3 Å². The third kappa shape index (κ3) is 17.1. The van der Waals surface area contributed by atoms with Crippen LogP contribution in [0.3, 0.4) is 0 Å². The molecule has 0 atom stereocenters. The lowest BCUT2D eigenvalue weighted by atomic mass is 10.2. The van der Waals surface area contributed by atoms with E-state index in [1.807, 2.05) is 12.2 Å². The second kappa shape index (κ2) is 18.1. The topological polar surface area (TPSA) is 65.0 Å². The quantitative estimate of drug-likeness (QED) is 0.269. The third-order valence-electron chi connectivity index (χ3n) is 2.97. The van der Waals surface area contributed by atoms with Gasteiger partial charge in [0.1, 0.15) is 0 Å². The van der Waals surface area contributed by atoms with Crippen LogP contribution in [0.2, 0.25) is 0 Å². The van der Waals surface area contributed by atoms with Gasteiger partial charge in [-0.25, -0.2) is 0 Å². The first kappa shape index (κ1) is 21.1. The van der Waals surface area contributed by atoms with E-state index in [1.54, 1.807) is 0 Å². The van der Waals surface area contributed by atoms with Gasteiger partial charge in [0.25, 0.3) is 0 Å². The Kier molecular flexibility index (Phi) is 17.4. The molecule has 0 saturated heterocycles. The van der Waals surface area contributed by atoms with Crippen LogP contribution in [-0.4, -0.2) is 50.7 Å². The number of aliphatic hydroxyl groups is 1. The Labute approximate surface area is 134 Å². The summed E-state index contributed by atoms with van der Waals surface area (Å²) in [6.45, 7) is 5.32. The van der Waals surface area contributed by atoms with Crippen molar-refractivity contribution >= 4 is 5.97 Å². The van der Waals surface area contributed by atoms with Crippen molar-refractivity contribution in [2.45, 2.75) is 51.9 Å². The highest BCUT2D eigenvalue weighted by Gasteiger charge is 2.01. The number of carbonyl (C=O) groups is 1. The Balaban J connectivity index is 3.16. The van der Waals surface area contributed by atoms with E-state index >= 15 is 0 Å². The molecule has 0 bridgehead atoms. The van der Waals surface area contributed by atoms with E-state index in [4.69, 9.17) is 19.3 Å². The molecule has 130 valence electrons. The van der Waals surface area contributed by atoms with Crippen molar-refractivity contribution < 1.29 is 24.1 Å². The van der Waals surface area contributed by atoms with E-state index in [2.05, 4.69) is 6.92 Å². The van der Waals surface area contributed by atoms with E-state index < -0.39 is 0 Å². The average molecular weight is 316 g/mol. The maximum atomic E-state index is 11.3. The molecule has 0 radical (unpaired) electrons. The summed E-state index contributed by atoms with van der Waals surface area (Å²) in [6.07, 6.45) is 9.92. The van der Waals surface area contributed by atoms with Gasteiger partial charge in [-0.3, -0.25) is 4.79 Å². The first-order valence-electron chi connectivity index (χ1n) is 8.38. The van der Waals surface area contributed by atoms with Crippen molar-refractivity contribution in [3.8, 4) is 0 Å². The summed E-state index contributed by atoms with van der Waals surface area (Å²) in [5.41, 5.74) is 0. The highest BCUT2D eigenvalue weighted by atomic mass is 16.5. The predicted octanol–water partition coefficient (Wildman–Crippen LogP) is 2.86. The molecule has 0 aliphatic heterocycles. The Morgan fingerprint density at radius 3 is 2.23 bits per heavy atom. The molecule has 0 saturated carbocycles. The van der Waals surface area contributed by atoms with Gasteiger partial charge in [0.15, 0.2) is 0 Å². The summed E-state index contributed by atoms with van der Waals surface area (Å²) < 4.78 is 15.8. The molecule has 5 nitrogen and oxygen atoms in total. The molecule has 1 N–H and O–H groups in total. The highest BCUT2D eigenvalue weighted by molar-refractivity contribution is 5.69. The van der Waals surface area contributed by atoms with Crippen LogP contribution < -0.4 is 0 Å². The number of ether oxygens (including phenoxy) is 3. The van der Waals surface area contributed by atoms with Crippen molar-refractivity contribution in [3.63, 3.8) is 0 Å². The lowest BCUT2D eigenvalue weighted by Gasteiger charge is -2.04. The fourth-order valence-corrected chi connectivity index (χ4v) is 1.66. The van der Waals surface area contributed by atoms with Gasteiger partial charge < -0.3 is 19.3 Å². The lowest BCUT2D eigenvalue weighted by Crippen LogP contribution is -2.06. The van der Waals surface area contributed by atoms with Crippen LogP contribution >= 0.6 is 0 Å². The SMILES string of the molecule is CCCCOC/C=C\COCCCCCC(=O)OCCCO. The van der Waals surface area contributed by atoms with Gasteiger partial charge in [-0.2, -0.15) is 0 Å². The van der Waals surface area contributed by atoms with E-state index in [1.165, 1.54) is 0 Å². The van der Waals surface area contributed by atoms with Gasteiger partial charge >= 0.3 is 5.97 Å². The van der Waals surface area contributed by atoms with Crippen LogP contribution in [0.25, 0.3) is 0 Å². The minimum atomic E-state index is -0.180. The average Bonchev–Trinajstić information content (AvgIpc) is 2.52. The largest absolute Gasteiger partial charge is 0.466 e. The van der Waals surface area contributed by atoms with E-state index in [9.17, 15) is 4.79 Å². The highest BCUT2D eigenvalue weighted by Crippen LogP contribution is 2.02. The molecule has 0 rings (SSSR count). The molecule has 0 aromatic rings. The Bertz CT molecular complexity index is 266. The number of rotatable bonds is 16. The number of aliphatic hydroxyl groups excluding tert-OH is 1. The number of hydrogen-bond donors (Lipinski definition) is 1. The molecule has 0 heterocycles. The van der Waals surface area contributed by atoms with Crippen molar-refractivity contribution in [2.75, 3.05) is 39.6 Å². The molecule has 0 aromatic heterocycles. The van der Waals surface area contributed by atoms with Gasteiger partial charge in [-0.15, -0.1) is 0 Å². The van der Waals surface area contributed by atoms with Crippen LogP contribution in [0, 0.1) is 0 Å². The maximum Gasteiger partial charge on any atom is 0.305 e. The number of carbonyl (C=O) groups excluding carboxylic acids is 1. The molecule has 22 heavy (non-hydrogen) atoms. The van der Waals surface area contributed by atoms with E-state index in [-0.39, 0.29) is 12.6 Å². The van der Waals surface area contributed by atoms with Crippen LogP contribution in [0.1, 0.15) is 51.9 Å². The molecule has 0 aliphatic carbocycles. The van der Waals surface area contributed by atoms with Crippen LogP contribution in [-0.2, 0) is 19.0 Å². The maximum absolute atomic E-state index is 11.3. The fraction of sp³-hybridized carbons (Fsp3) is 0.824. The fourth-order valence-electron chi connectivity index (χ4n) is 1.66. The minimum Gasteiger partial charge on any atom is -0.466 e. The molecular weight excluding hydrogens is 284 g/mol. The first-order valence-corrected chi connectivity index (χ1v) is 8.38. The van der Waals surface area contributed by atoms with Crippen molar-refractivity contribution in [1.29, 1.82) is 0 Å². The van der Waals surface area contributed by atoms with Crippen LogP contribution in [0.15, 0.2) is 12.2 Å². The number of esters is 1. The van der Waals surface area contributed by atoms with Gasteiger partial charge in [-0.05, 0) is 19.3 Å². The van der Waals surface area contributed by atoms with Gasteiger partial charge in [0.05, 0.1) is 19.8 Å². The van der Waals surface area contributed by atoms with Gasteiger partial charge in [0.2, 0.25) is 0 Å². The molecule has 0 amide bonds. The normalized spacial score (nSPS) is 11.2. The van der Waals surface area contributed by atoms with Crippen molar-refractivity contribution in [1.82, 2.24) is 0 Å².